The van der Waals surface area contributed by atoms with Crippen molar-refractivity contribution in [3.63, 3.8) is 0 Å². The summed E-state index contributed by atoms with van der Waals surface area (Å²) < 4.78 is 33.0. The number of carbonyl (C=O) groups is 2. The van der Waals surface area contributed by atoms with Gasteiger partial charge in [-0.25, -0.2) is 17.9 Å². The third-order valence-electron chi connectivity index (χ3n) is 5.13. The first-order valence-electron chi connectivity index (χ1n) is 10.5. The summed E-state index contributed by atoms with van der Waals surface area (Å²) >= 11 is 0. The number of hydrogen-bond acceptors (Lipinski definition) is 7. The van der Waals surface area contributed by atoms with Crippen LogP contribution in [0.4, 0.5) is 11.4 Å². The summed E-state index contributed by atoms with van der Waals surface area (Å²) in [6, 6.07) is 8.36. The molecule has 0 saturated carbocycles. The van der Waals surface area contributed by atoms with E-state index in [4.69, 9.17) is 9.84 Å². The van der Waals surface area contributed by atoms with Crippen LogP contribution in [-0.4, -0.2) is 53.8 Å². The molecular weight excluding hydrogens is 474 g/mol. The van der Waals surface area contributed by atoms with Crippen molar-refractivity contribution in [2.45, 2.75) is 33.1 Å². The Balaban J connectivity index is 2.04. The number of carboxylic acid groups (broad SMARTS) is 1. The van der Waals surface area contributed by atoms with Crippen LogP contribution in [0.2, 0.25) is 0 Å². The lowest BCUT2D eigenvalue weighted by molar-refractivity contribution is 0.0690. The number of sulfonamides is 1. The van der Waals surface area contributed by atoms with E-state index in [9.17, 15) is 18.0 Å². The highest BCUT2D eigenvalue weighted by Crippen LogP contribution is 2.36. The van der Waals surface area contributed by atoms with Crippen LogP contribution in [-0.2, 0) is 15.4 Å². The van der Waals surface area contributed by atoms with Gasteiger partial charge in [0.2, 0.25) is 10.0 Å². The maximum atomic E-state index is 13.3. The fraction of sp³-hybridized carbons (Fsp3) is 0.304. The molecule has 3 rings (SSSR count). The Morgan fingerprint density at radius 2 is 1.83 bits per heavy atom. The number of carboxylic acids is 1. The van der Waals surface area contributed by atoms with Gasteiger partial charge in [-0.3, -0.25) is 9.52 Å². The lowest BCUT2D eigenvalue weighted by atomic mass is 9.85. The summed E-state index contributed by atoms with van der Waals surface area (Å²) in [5, 5.41) is 19.4. The fourth-order valence-electron chi connectivity index (χ4n) is 3.34. The number of aryl methyl sites for hydroxylation is 1. The van der Waals surface area contributed by atoms with Gasteiger partial charge in [0.15, 0.2) is 11.4 Å². The van der Waals surface area contributed by atoms with Gasteiger partial charge in [-0.05, 0) is 47.7 Å². The topological polar surface area (TPSA) is 153 Å². The van der Waals surface area contributed by atoms with Crippen molar-refractivity contribution in [1.82, 2.24) is 15.0 Å². The number of benzene rings is 2. The maximum absolute atomic E-state index is 13.3. The summed E-state index contributed by atoms with van der Waals surface area (Å²) in [6.07, 6.45) is 2.29. The van der Waals surface area contributed by atoms with Crippen molar-refractivity contribution in [1.29, 1.82) is 0 Å². The van der Waals surface area contributed by atoms with Crippen molar-refractivity contribution in [2.24, 2.45) is 0 Å². The minimum atomic E-state index is -3.64. The largest absolute Gasteiger partial charge is 0.494 e. The Bertz CT molecular complexity index is 1410. The second-order valence-electron chi connectivity index (χ2n) is 9.04. The number of aromatic carboxylic acids is 1. The monoisotopic (exact) mass is 501 g/mol. The third-order valence-corrected chi connectivity index (χ3v) is 5.72. The van der Waals surface area contributed by atoms with Gasteiger partial charge < -0.3 is 15.2 Å². The highest BCUT2D eigenvalue weighted by molar-refractivity contribution is 7.92. The maximum Gasteiger partial charge on any atom is 0.358 e. The first kappa shape index (κ1) is 25.7. The number of carbonyl (C=O) groups excluding carboxylic acids is 1. The van der Waals surface area contributed by atoms with Crippen LogP contribution in [0.3, 0.4) is 0 Å². The highest BCUT2D eigenvalue weighted by atomic mass is 32.2. The molecule has 3 N–H and O–H groups in total. The predicted octanol–water partition coefficient (Wildman–Crippen LogP) is 3.20. The van der Waals surface area contributed by atoms with Crippen LogP contribution in [0, 0.1) is 6.92 Å². The third kappa shape index (κ3) is 5.96. The molecule has 11 nitrogen and oxygen atoms in total. The standard InChI is InChI=1S/C23H27N5O6S/c1-13-7-8-15(11-19(13)28-12-18(22(30)31)25-27-28)24-21(29)16-9-14(23(2,3)4)10-17(20(16)34-5)26-35(6,32)33/h7-12,26H,1-6H3,(H,24,29)(H,30,31). The van der Waals surface area contributed by atoms with Crippen molar-refractivity contribution in [3.05, 3.63) is 58.9 Å². The van der Waals surface area contributed by atoms with E-state index in [1.54, 1.807) is 30.3 Å². The van der Waals surface area contributed by atoms with Gasteiger partial charge in [0.1, 0.15) is 0 Å². The first-order chi connectivity index (χ1) is 16.2. The van der Waals surface area contributed by atoms with E-state index < -0.39 is 21.9 Å². The van der Waals surface area contributed by atoms with Crippen molar-refractivity contribution >= 4 is 33.3 Å². The average Bonchev–Trinajstić information content (AvgIpc) is 3.23. The Hall–Kier alpha value is -3.93. The van der Waals surface area contributed by atoms with Crippen LogP contribution >= 0.6 is 0 Å². The van der Waals surface area contributed by atoms with Gasteiger partial charge in [0.25, 0.3) is 5.91 Å². The molecule has 0 atom stereocenters. The first-order valence-corrected chi connectivity index (χ1v) is 12.4. The summed E-state index contributed by atoms with van der Waals surface area (Å²) in [6.45, 7) is 7.63. The molecule has 1 aromatic heterocycles. The number of nitrogens with zero attached hydrogens (tertiary/aromatic N) is 3. The van der Waals surface area contributed by atoms with Gasteiger partial charge in [-0.1, -0.05) is 32.1 Å². The van der Waals surface area contributed by atoms with E-state index in [1.165, 1.54) is 18.0 Å². The number of nitrogens with one attached hydrogen (secondary N) is 2. The molecule has 12 heteroatoms. The Morgan fingerprint density at radius 3 is 2.37 bits per heavy atom. The van der Waals surface area contributed by atoms with Gasteiger partial charge in [-0.15, -0.1) is 5.10 Å². The Kier molecular flexibility index (Phi) is 6.88. The zero-order valence-corrected chi connectivity index (χ0v) is 21.0. The van der Waals surface area contributed by atoms with Gasteiger partial charge in [0.05, 0.1) is 36.5 Å². The smallest absolute Gasteiger partial charge is 0.358 e. The molecule has 186 valence electrons. The number of ether oxygens (including phenoxy) is 1. The molecular formula is C23H27N5O6S. The summed E-state index contributed by atoms with van der Waals surface area (Å²) in [5.74, 6) is -1.65. The van der Waals surface area contributed by atoms with E-state index in [0.29, 0.717) is 11.4 Å². The number of rotatable bonds is 7. The zero-order valence-electron chi connectivity index (χ0n) is 20.2. The minimum Gasteiger partial charge on any atom is -0.494 e. The fourth-order valence-corrected chi connectivity index (χ4v) is 3.89. The zero-order chi connectivity index (χ0) is 26.1. The molecule has 0 saturated heterocycles. The summed E-state index contributed by atoms with van der Waals surface area (Å²) in [5.41, 5.74) is 2.12. The number of methoxy groups -OCH3 is 1. The van der Waals surface area contributed by atoms with Gasteiger partial charge in [0, 0.05) is 5.69 Å². The predicted molar refractivity (Wildman–Crippen MR) is 131 cm³/mol. The second kappa shape index (κ2) is 9.37. The molecule has 0 aliphatic carbocycles. The van der Waals surface area contributed by atoms with Crippen molar-refractivity contribution < 1.29 is 27.9 Å². The molecule has 0 fully saturated rings. The lowest BCUT2D eigenvalue weighted by Gasteiger charge is -2.23. The summed E-state index contributed by atoms with van der Waals surface area (Å²) in [7, 11) is -2.29. The van der Waals surface area contributed by atoms with Crippen molar-refractivity contribution in [2.75, 3.05) is 23.4 Å². The minimum absolute atomic E-state index is 0.0793. The molecule has 2 aromatic carbocycles. The van der Waals surface area contributed by atoms with Crippen LogP contribution in [0.15, 0.2) is 36.5 Å². The van der Waals surface area contributed by atoms with Crippen LogP contribution in [0.5, 0.6) is 5.75 Å². The molecule has 0 spiro atoms. The molecule has 0 aliphatic heterocycles. The average molecular weight is 502 g/mol. The normalized spacial score (nSPS) is 11.7. The number of amides is 1. The molecule has 0 bridgehead atoms. The van der Waals surface area contributed by atoms with Crippen molar-refractivity contribution in [3.8, 4) is 11.4 Å². The molecule has 0 unspecified atom stereocenters. The number of aromatic nitrogens is 3. The van der Waals surface area contributed by atoms with Gasteiger partial charge in [-0.2, -0.15) is 0 Å². The van der Waals surface area contributed by atoms with E-state index in [-0.39, 0.29) is 28.1 Å². The van der Waals surface area contributed by atoms with Crippen LogP contribution in [0.1, 0.15) is 52.7 Å². The quantitative estimate of drug-likeness (QED) is 0.446. The van der Waals surface area contributed by atoms with Crippen LogP contribution < -0.4 is 14.8 Å². The molecule has 0 radical (unpaired) electrons. The van der Waals surface area contributed by atoms with E-state index in [0.717, 1.165) is 17.4 Å². The molecule has 1 heterocycles. The molecule has 1 amide bonds. The number of hydrogen-bond donors (Lipinski definition) is 3. The Morgan fingerprint density at radius 1 is 1.14 bits per heavy atom. The van der Waals surface area contributed by atoms with E-state index in [2.05, 4.69) is 20.4 Å². The van der Waals surface area contributed by atoms with Crippen LogP contribution in [0.25, 0.3) is 5.69 Å². The van der Waals surface area contributed by atoms with Gasteiger partial charge >= 0.3 is 5.97 Å². The summed E-state index contributed by atoms with van der Waals surface area (Å²) in [4.78, 5) is 24.5. The van der Waals surface area contributed by atoms with E-state index >= 15 is 0 Å². The van der Waals surface area contributed by atoms with E-state index in [1.807, 2.05) is 27.7 Å². The molecule has 3 aromatic rings. The lowest BCUT2D eigenvalue weighted by Crippen LogP contribution is -2.20. The SMILES string of the molecule is COc1c(NS(C)(=O)=O)cc(C(C)(C)C)cc1C(=O)Nc1ccc(C)c(-n2cc(C(=O)O)nn2)c1. The molecule has 0 aliphatic rings. The second-order valence-corrected chi connectivity index (χ2v) is 10.8. The molecule has 35 heavy (non-hydrogen) atoms. The highest BCUT2D eigenvalue weighted by Gasteiger charge is 2.24. The Labute approximate surface area is 203 Å². The number of anilines is 2.